The molecule has 0 bridgehead atoms. The summed E-state index contributed by atoms with van der Waals surface area (Å²) in [6, 6.07) is 21.7. The number of rotatable bonds is 6. The van der Waals surface area contributed by atoms with Gasteiger partial charge in [-0.05, 0) is 79.6 Å². The highest BCUT2D eigenvalue weighted by Gasteiger charge is 2.40. The molecule has 1 fully saturated rings. The van der Waals surface area contributed by atoms with E-state index >= 15 is 0 Å². The second-order valence-electron chi connectivity index (χ2n) is 8.64. The molecule has 8 heteroatoms. The first-order chi connectivity index (χ1) is 17.0. The van der Waals surface area contributed by atoms with E-state index in [1.807, 2.05) is 52.4 Å². The normalized spacial score (nSPS) is 17.7. The van der Waals surface area contributed by atoms with Crippen molar-refractivity contribution in [3.8, 4) is 5.75 Å². The molecule has 6 nitrogen and oxygen atoms in total. The van der Waals surface area contributed by atoms with Crippen molar-refractivity contribution in [2.45, 2.75) is 25.9 Å². The van der Waals surface area contributed by atoms with E-state index in [1.165, 1.54) is 18.5 Å². The largest absolute Gasteiger partial charge is 0.496 e. The highest BCUT2D eigenvalue weighted by Crippen LogP contribution is 2.43. The van der Waals surface area contributed by atoms with Crippen LogP contribution in [-0.2, 0) is 4.79 Å². The molecule has 1 saturated heterocycles. The third kappa shape index (κ3) is 4.62. The molecule has 35 heavy (non-hydrogen) atoms. The summed E-state index contributed by atoms with van der Waals surface area (Å²) in [7, 11) is 1.65. The number of ketones is 1. The molecule has 5 rings (SSSR count). The quantitative estimate of drug-likeness (QED) is 0.342. The lowest BCUT2D eigenvalue weighted by Gasteiger charge is -2.33. The third-order valence-corrected chi connectivity index (χ3v) is 7.13. The molecule has 3 aromatic carbocycles. The minimum atomic E-state index is -0.444. The molecule has 0 aliphatic carbocycles. The van der Waals surface area contributed by atoms with Gasteiger partial charge >= 0.3 is 0 Å². The van der Waals surface area contributed by atoms with Gasteiger partial charge in [0.2, 0.25) is 0 Å². The summed E-state index contributed by atoms with van der Waals surface area (Å²) in [6.07, 6.45) is 1.99. The van der Waals surface area contributed by atoms with Crippen LogP contribution < -0.4 is 19.5 Å². The van der Waals surface area contributed by atoms with Crippen molar-refractivity contribution in [1.29, 1.82) is 0 Å². The van der Waals surface area contributed by atoms with Crippen LogP contribution in [0.15, 0.2) is 76.3 Å². The number of ether oxygens (including phenoxy) is 1. The van der Waals surface area contributed by atoms with Crippen LogP contribution in [0.1, 0.15) is 31.5 Å². The van der Waals surface area contributed by atoms with E-state index in [1.54, 1.807) is 14.0 Å². The summed E-state index contributed by atoms with van der Waals surface area (Å²) >= 11 is 9.77. The van der Waals surface area contributed by atoms with E-state index in [-0.39, 0.29) is 5.78 Å². The van der Waals surface area contributed by atoms with Gasteiger partial charge in [-0.25, -0.2) is 5.01 Å². The summed E-state index contributed by atoms with van der Waals surface area (Å²) in [5, 5.41) is 7.30. The number of halogens is 2. The van der Waals surface area contributed by atoms with Gasteiger partial charge in [-0.2, -0.15) is 0 Å². The molecule has 0 aromatic heterocycles. The minimum Gasteiger partial charge on any atom is -0.496 e. The maximum absolute atomic E-state index is 12.9. The lowest BCUT2D eigenvalue weighted by Crippen LogP contribution is -2.38. The molecule has 0 spiro atoms. The first-order valence-corrected chi connectivity index (χ1v) is 12.8. The van der Waals surface area contributed by atoms with Gasteiger partial charge in [0.15, 0.2) is 17.8 Å². The number of Topliss-reactive ketones (excluding diaryl/α,β-unsaturated/α-hetero) is 1. The molecule has 0 saturated carbocycles. The van der Waals surface area contributed by atoms with Crippen LogP contribution >= 0.6 is 27.5 Å². The van der Waals surface area contributed by atoms with Crippen LogP contribution in [0, 0.1) is 0 Å². The zero-order chi connectivity index (χ0) is 24.5. The first-order valence-electron chi connectivity index (χ1n) is 11.6. The number of hydrogen-bond donors (Lipinski definition) is 0. The number of nitrogens with zero attached hydrogens (tertiary/aromatic N) is 4. The molecule has 3 aromatic rings. The van der Waals surface area contributed by atoms with Gasteiger partial charge in [0.25, 0.3) is 0 Å². The number of carbonyl (C=O) groups excluding carboxylic acids is 1. The molecule has 2 aliphatic rings. The predicted molar refractivity (Wildman–Crippen MR) is 146 cm³/mol. The van der Waals surface area contributed by atoms with Crippen LogP contribution in [0.4, 0.5) is 17.1 Å². The van der Waals surface area contributed by atoms with Gasteiger partial charge < -0.3 is 9.64 Å². The molecule has 180 valence electrons. The van der Waals surface area contributed by atoms with Crippen LogP contribution in [-0.4, -0.2) is 31.8 Å². The Labute approximate surface area is 218 Å². The van der Waals surface area contributed by atoms with Crippen molar-refractivity contribution in [2.24, 2.45) is 5.10 Å². The number of amidine groups is 1. The highest BCUT2D eigenvalue weighted by molar-refractivity contribution is 9.10. The topological polar surface area (TPSA) is 48.4 Å². The average molecular weight is 554 g/mol. The van der Waals surface area contributed by atoms with Gasteiger partial charge in [-0.15, -0.1) is 5.10 Å². The maximum Gasteiger partial charge on any atom is 0.198 e. The smallest absolute Gasteiger partial charge is 0.198 e. The van der Waals surface area contributed by atoms with Gasteiger partial charge in [0, 0.05) is 46.4 Å². The summed E-state index contributed by atoms with van der Waals surface area (Å²) in [5.41, 5.74) is 3.76. The monoisotopic (exact) mass is 552 g/mol. The summed E-state index contributed by atoms with van der Waals surface area (Å²) < 4.78 is 6.65. The van der Waals surface area contributed by atoms with Crippen molar-refractivity contribution in [3.05, 3.63) is 81.8 Å². The highest BCUT2D eigenvalue weighted by atomic mass is 79.9. The Bertz CT molecular complexity index is 1260. The van der Waals surface area contributed by atoms with E-state index in [0.717, 1.165) is 34.5 Å². The van der Waals surface area contributed by atoms with E-state index in [0.29, 0.717) is 16.6 Å². The Morgan fingerprint density at radius 2 is 1.60 bits per heavy atom. The number of hydrazone groups is 1. The van der Waals surface area contributed by atoms with Crippen molar-refractivity contribution >= 4 is 56.2 Å². The molecule has 0 radical (unpaired) electrons. The number of hydrogen-bond acceptors (Lipinski definition) is 6. The third-order valence-electron chi connectivity index (χ3n) is 6.38. The fraction of sp³-hybridized carbons (Fsp3) is 0.259. The van der Waals surface area contributed by atoms with Gasteiger partial charge in [-0.1, -0.05) is 27.5 Å². The summed E-state index contributed by atoms with van der Waals surface area (Å²) in [4.78, 5) is 17.2. The van der Waals surface area contributed by atoms with Crippen LogP contribution in [0.2, 0.25) is 5.02 Å². The van der Waals surface area contributed by atoms with Gasteiger partial charge in [0.1, 0.15) is 5.75 Å². The number of anilines is 3. The molecule has 0 N–H and O–H groups in total. The molecule has 0 unspecified atom stereocenters. The SMILES string of the molecule is COc1ccc(Br)cc1[C@H]1N(c2ccc(Cl)cc2)N=C(C(C)=O)N1c1ccc(N2CCCC2)cc1. The zero-order valence-corrected chi connectivity index (χ0v) is 22.0. The molecule has 2 aliphatic heterocycles. The van der Waals surface area contributed by atoms with Crippen molar-refractivity contribution in [3.63, 3.8) is 0 Å². The maximum atomic E-state index is 12.9. The van der Waals surface area contributed by atoms with Crippen molar-refractivity contribution in [2.75, 3.05) is 35.0 Å². The number of benzene rings is 3. The number of carbonyl (C=O) groups is 1. The Morgan fingerprint density at radius 1 is 0.971 bits per heavy atom. The van der Waals surface area contributed by atoms with Gasteiger partial charge in [0.05, 0.1) is 12.8 Å². The van der Waals surface area contributed by atoms with Crippen molar-refractivity contribution < 1.29 is 9.53 Å². The van der Waals surface area contributed by atoms with E-state index in [9.17, 15) is 4.79 Å². The molecular formula is C27H26BrClN4O2. The summed E-state index contributed by atoms with van der Waals surface area (Å²) in [5.74, 6) is 0.945. The Hall–Kier alpha value is -3.03. The van der Waals surface area contributed by atoms with Gasteiger partial charge in [-0.3, -0.25) is 9.69 Å². The first kappa shape index (κ1) is 23.7. The van der Waals surface area contributed by atoms with Crippen LogP contribution in [0.3, 0.4) is 0 Å². The zero-order valence-electron chi connectivity index (χ0n) is 19.6. The lowest BCUT2D eigenvalue weighted by molar-refractivity contribution is -0.111. The minimum absolute atomic E-state index is 0.121. The van der Waals surface area contributed by atoms with E-state index < -0.39 is 6.17 Å². The van der Waals surface area contributed by atoms with E-state index in [4.69, 9.17) is 21.4 Å². The Kier molecular flexibility index (Phi) is 6.71. The standard InChI is InChI=1S/C27H26BrClN4O2/c1-18(34)26-30-33(23-8-6-20(29)7-9-23)27(24-17-19(28)5-14-25(24)35-2)32(26)22-12-10-21(11-13-22)31-15-3-4-16-31/h5-14,17,27H,3-4,15-16H2,1-2H3/t27-/m1/s1. The summed E-state index contributed by atoms with van der Waals surface area (Å²) in [6.45, 7) is 3.70. The molecule has 2 heterocycles. The fourth-order valence-corrected chi connectivity index (χ4v) is 5.21. The second-order valence-corrected chi connectivity index (χ2v) is 9.99. The van der Waals surface area contributed by atoms with E-state index in [2.05, 4.69) is 45.1 Å². The molecule has 0 amide bonds. The van der Waals surface area contributed by atoms with Crippen LogP contribution in [0.5, 0.6) is 5.75 Å². The Morgan fingerprint density at radius 3 is 2.23 bits per heavy atom. The second kappa shape index (κ2) is 9.91. The predicted octanol–water partition coefficient (Wildman–Crippen LogP) is 6.64. The van der Waals surface area contributed by atoms with Crippen molar-refractivity contribution in [1.82, 2.24) is 0 Å². The van der Waals surface area contributed by atoms with Crippen LogP contribution in [0.25, 0.3) is 0 Å². The molecule has 1 atom stereocenters. The fourth-order valence-electron chi connectivity index (χ4n) is 4.70. The Balaban J connectivity index is 1.65. The lowest BCUT2D eigenvalue weighted by atomic mass is 10.1. The number of methoxy groups -OCH3 is 1. The molecular weight excluding hydrogens is 528 g/mol. The average Bonchev–Trinajstić information content (AvgIpc) is 3.53.